The van der Waals surface area contributed by atoms with Crippen LogP contribution >= 0.6 is 11.8 Å². The Morgan fingerprint density at radius 3 is 2.47 bits per heavy atom. The van der Waals surface area contributed by atoms with Crippen molar-refractivity contribution in [3.8, 4) is 0 Å². The van der Waals surface area contributed by atoms with E-state index in [-0.39, 0.29) is 16.7 Å². The fourth-order valence-corrected chi connectivity index (χ4v) is 2.53. The third-order valence-electron chi connectivity index (χ3n) is 3.51. The molecule has 1 aromatic carbocycles. The maximum absolute atomic E-state index is 12.1. The molecule has 19 heavy (non-hydrogen) atoms. The molecule has 1 amide bonds. The van der Waals surface area contributed by atoms with Crippen LogP contribution in [0, 0.1) is 13.8 Å². The van der Waals surface area contributed by atoms with E-state index in [1.165, 1.54) is 11.1 Å². The smallest absolute Gasteiger partial charge is 0.233 e. The topological polar surface area (TPSA) is 29.1 Å². The number of nitrogens with one attached hydrogen (secondary N) is 1. The first-order valence-corrected chi connectivity index (χ1v) is 7.69. The summed E-state index contributed by atoms with van der Waals surface area (Å²) in [7, 11) is 0. The molecule has 1 aromatic rings. The number of aryl methyl sites for hydroxylation is 2. The predicted octanol–water partition coefficient (Wildman–Crippen LogP) is 4.09. The maximum atomic E-state index is 12.1. The van der Waals surface area contributed by atoms with E-state index in [0.29, 0.717) is 0 Å². The minimum Gasteiger partial charge on any atom is -0.350 e. The van der Waals surface area contributed by atoms with Gasteiger partial charge in [-0.15, -0.1) is 11.8 Å². The van der Waals surface area contributed by atoms with Gasteiger partial charge in [-0.05, 0) is 64.3 Å². The summed E-state index contributed by atoms with van der Waals surface area (Å²) in [5.41, 5.74) is 2.43. The molecule has 1 unspecified atom stereocenters. The van der Waals surface area contributed by atoms with Gasteiger partial charge in [0, 0.05) is 10.4 Å². The molecule has 0 aliphatic rings. The highest BCUT2D eigenvalue weighted by Gasteiger charge is 2.22. The summed E-state index contributed by atoms with van der Waals surface area (Å²) >= 11 is 1.61. The van der Waals surface area contributed by atoms with E-state index in [1.54, 1.807) is 11.8 Å². The second kappa shape index (κ2) is 6.47. The second-order valence-corrected chi connectivity index (χ2v) is 7.15. The molecular formula is C16H25NOS. The monoisotopic (exact) mass is 279 g/mol. The third-order valence-corrected chi connectivity index (χ3v) is 4.60. The van der Waals surface area contributed by atoms with Crippen LogP contribution in [0.25, 0.3) is 0 Å². The molecule has 1 rings (SSSR count). The normalized spacial score (nSPS) is 13.2. The number of hydrogen-bond acceptors (Lipinski definition) is 2. The maximum Gasteiger partial charge on any atom is 0.233 e. The van der Waals surface area contributed by atoms with Crippen molar-refractivity contribution in [3.63, 3.8) is 0 Å². The van der Waals surface area contributed by atoms with Crippen molar-refractivity contribution in [2.24, 2.45) is 0 Å². The van der Waals surface area contributed by atoms with Gasteiger partial charge in [-0.2, -0.15) is 0 Å². The molecule has 0 aliphatic heterocycles. The summed E-state index contributed by atoms with van der Waals surface area (Å²) in [6.45, 7) is 12.4. The molecule has 2 nitrogen and oxygen atoms in total. The molecule has 3 heteroatoms. The summed E-state index contributed by atoms with van der Waals surface area (Å²) in [4.78, 5) is 13.3. The minimum absolute atomic E-state index is 0.0760. The second-order valence-electron chi connectivity index (χ2n) is 5.73. The highest BCUT2D eigenvalue weighted by Crippen LogP contribution is 2.25. The molecule has 106 valence electrons. The number of hydrogen-bond donors (Lipinski definition) is 1. The lowest BCUT2D eigenvalue weighted by atomic mass is 10.0. The number of carbonyl (C=O) groups excluding carboxylic acids is 1. The van der Waals surface area contributed by atoms with Crippen molar-refractivity contribution < 1.29 is 4.79 Å². The van der Waals surface area contributed by atoms with Gasteiger partial charge in [-0.1, -0.05) is 13.0 Å². The van der Waals surface area contributed by atoms with Crippen LogP contribution in [-0.2, 0) is 4.79 Å². The lowest BCUT2D eigenvalue weighted by Gasteiger charge is -2.26. The summed E-state index contributed by atoms with van der Waals surface area (Å²) < 4.78 is 0. The van der Waals surface area contributed by atoms with E-state index in [9.17, 15) is 4.79 Å². The summed E-state index contributed by atoms with van der Waals surface area (Å²) in [6.07, 6.45) is 0.930. The Morgan fingerprint density at radius 1 is 1.32 bits per heavy atom. The van der Waals surface area contributed by atoms with Gasteiger partial charge in [0.2, 0.25) is 5.91 Å². The van der Waals surface area contributed by atoms with Crippen LogP contribution in [0.1, 0.15) is 45.2 Å². The van der Waals surface area contributed by atoms with Gasteiger partial charge in [0.05, 0.1) is 5.25 Å². The molecule has 0 heterocycles. The summed E-state index contributed by atoms with van der Waals surface area (Å²) in [5.74, 6) is 0.107. The van der Waals surface area contributed by atoms with E-state index in [4.69, 9.17) is 0 Å². The van der Waals surface area contributed by atoms with Crippen molar-refractivity contribution in [2.45, 2.75) is 63.6 Å². The van der Waals surface area contributed by atoms with Crippen molar-refractivity contribution >= 4 is 17.7 Å². The van der Waals surface area contributed by atoms with Crippen molar-refractivity contribution in [1.82, 2.24) is 5.32 Å². The number of benzene rings is 1. The van der Waals surface area contributed by atoms with Crippen molar-refractivity contribution in [2.75, 3.05) is 0 Å². The van der Waals surface area contributed by atoms with Gasteiger partial charge in [-0.3, -0.25) is 4.79 Å². The molecule has 0 saturated heterocycles. The van der Waals surface area contributed by atoms with E-state index < -0.39 is 0 Å². The Balaban J connectivity index is 2.66. The van der Waals surface area contributed by atoms with Gasteiger partial charge >= 0.3 is 0 Å². The molecule has 1 atom stereocenters. The van der Waals surface area contributed by atoms with Crippen molar-refractivity contribution in [1.29, 1.82) is 0 Å². The SMILES string of the molecule is CCC(C)(C)NC(=O)C(C)Sc1ccc(C)c(C)c1. The van der Waals surface area contributed by atoms with Gasteiger partial charge in [-0.25, -0.2) is 0 Å². The molecule has 0 spiro atoms. The van der Waals surface area contributed by atoms with Crippen LogP contribution in [0.5, 0.6) is 0 Å². The fraction of sp³-hybridized carbons (Fsp3) is 0.562. The van der Waals surface area contributed by atoms with Crippen LogP contribution in [-0.4, -0.2) is 16.7 Å². The van der Waals surface area contributed by atoms with Crippen LogP contribution < -0.4 is 5.32 Å². The Labute approximate surface area is 121 Å². The first-order valence-electron chi connectivity index (χ1n) is 6.81. The zero-order chi connectivity index (χ0) is 14.6. The zero-order valence-corrected chi connectivity index (χ0v) is 13.6. The summed E-state index contributed by atoms with van der Waals surface area (Å²) in [5, 5.41) is 3.02. The van der Waals surface area contributed by atoms with Gasteiger partial charge < -0.3 is 5.32 Å². The van der Waals surface area contributed by atoms with Crippen LogP contribution in [0.15, 0.2) is 23.1 Å². The Bertz CT molecular complexity index is 454. The highest BCUT2D eigenvalue weighted by atomic mass is 32.2. The van der Waals surface area contributed by atoms with E-state index in [2.05, 4.69) is 58.1 Å². The van der Waals surface area contributed by atoms with Crippen molar-refractivity contribution in [3.05, 3.63) is 29.3 Å². The molecule has 1 N–H and O–H groups in total. The predicted molar refractivity (Wildman–Crippen MR) is 83.7 cm³/mol. The fourth-order valence-electron chi connectivity index (χ4n) is 1.57. The first kappa shape index (κ1) is 16.1. The van der Waals surface area contributed by atoms with Gasteiger partial charge in [0.25, 0.3) is 0 Å². The average Bonchev–Trinajstić information content (AvgIpc) is 2.33. The number of carbonyl (C=O) groups is 1. The Morgan fingerprint density at radius 2 is 1.95 bits per heavy atom. The van der Waals surface area contributed by atoms with Crippen LogP contribution in [0.4, 0.5) is 0 Å². The summed E-state index contributed by atoms with van der Waals surface area (Å²) in [6, 6.07) is 6.34. The number of amides is 1. The molecular weight excluding hydrogens is 254 g/mol. The number of rotatable bonds is 5. The molecule has 0 saturated carbocycles. The quantitative estimate of drug-likeness (QED) is 0.823. The third kappa shape index (κ3) is 4.90. The van der Waals surface area contributed by atoms with E-state index >= 15 is 0 Å². The largest absolute Gasteiger partial charge is 0.350 e. The Hall–Kier alpha value is -0.960. The molecule has 0 fully saturated rings. The van der Waals surface area contributed by atoms with Gasteiger partial charge in [0.1, 0.15) is 0 Å². The molecule has 0 bridgehead atoms. The van der Waals surface area contributed by atoms with Crippen LogP contribution in [0.2, 0.25) is 0 Å². The minimum atomic E-state index is -0.130. The molecule has 0 radical (unpaired) electrons. The first-order chi connectivity index (χ1) is 8.75. The van der Waals surface area contributed by atoms with E-state index in [1.807, 2.05) is 6.92 Å². The Kier molecular flexibility index (Phi) is 5.48. The molecule has 0 aromatic heterocycles. The molecule has 0 aliphatic carbocycles. The lowest BCUT2D eigenvalue weighted by molar-refractivity contribution is -0.121. The standard InChI is InChI=1S/C16H25NOS/c1-7-16(5,6)17-15(18)13(4)19-14-9-8-11(2)12(3)10-14/h8-10,13H,7H2,1-6H3,(H,17,18). The van der Waals surface area contributed by atoms with Gasteiger partial charge in [0.15, 0.2) is 0 Å². The average molecular weight is 279 g/mol. The number of thioether (sulfide) groups is 1. The lowest BCUT2D eigenvalue weighted by Crippen LogP contribution is -2.46. The highest BCUT2D eigenvalue weighted by molar-refractivity contribution is 8.00. The van der Waals surface area contributed by atoms with Crippen LogP contribution in [0.3, 0.4) is 0 Å². The van der Waals surface area contributed by atoms with E-state index in [0.717, 1.165) is 11.3 Å². The zero-order valence-electron chi connectivity index (χ0n) is 12.8.